The van der Waals surface area contributed by atoms with Gasteiger partial charge >= 0.3 is 5.97 Å². The Bertz CT molecular complexity index is 2030. The van der Waals surface area contributed by atoms with Crippen molar-refractivity contribution in [3.8, 4) is 16.9 Å². The van der Waals surface area contributed by atoms with Crippen LogP contribution in [-0.2, 0) is 49.4 Å². The van der Waals surface area contributed by atoms with E-state index in [0.29, 0.717) is 24.2 Å². The maximum atomic E-state index is 12.7. The predicted molar refractivity (Wildman–Crippen MR) is 228 cm³/mol. The molecular weight excluding hydrogens is 886 g/mol. The molecule has 0 bridgehead atoms. The van der Waals surface area contributed by atoms with Crippen molar-refractivity contribution in [2.45, 2.75) is 125 Å². The molecule has 3 aromatic rings. The number of amides is 1. The first kappa shape index (κ1) is 51.9. The summed E-state index contributed by atoms with van der Waals surface area (Å²) >= 11 is 0. The third-order valence-corrected chi connectivity index (χ3v) is 11.5. The number of nitrogens with one attached hydrogen (secondary N) is 1. The molecule has 6 unspecified atom stereocenters. The van der Waals surface area contributed by atoms with Crippen LogP contribution < -0.4 is 10.1 Å². The number of hydrogen-bond acceptors (Lipinski definition) is 20. The van der Waals surface area contributed by atoms with Crippen LogP contribution in [0.1, 0.15) is 42.1 Å². The molecule has 0 saturated carbocycles. The Hall–Kier alpha value is -4.53. The number of ketones is 1. The number of hydrogen-bond donors (Lipinski definition) is 10. The molecule has 368 valence electrons. The molecule has 21 nitrogen and oxygen atoms in total. The summed E-state index contributed by atoms with van der Waals surface area (Å²) in [6, 6.07) is 22.2. The maximum Gasteiger partial charge on any atom is 0.338 e. The van der Waals surface area contributed by atoms with Crippen LogP contribution in [0.3, 0.4) is 0 Å². The third-order valence-electron chi connectivity index (χ3n) is 11.5. The van der Waals surface area contributed by atoms with Gasteiger partial charge in [0.25, 0.3) is 0 Å². The molecule has 3 aromatic carbocycles. The van der Waals surface area contributed by atoms with Crippen LogP contribution in [0.4, 0.5) is 0 Å². The molecule has 0 spiro atoms. The van der Waals surface area contributed by atoms with Crippen molar-refractivity contribution < 1.29 is 98.2 Å². The lowest BCUT2D eigenvalue weighted by atomic mass is 9.95. The summed E-state index contributed by atoms with van der Waals surface area (Å²) in [5.41, 5.74) is 2.90. The van der Waals surface area contributed by atoms with Gasteiger partial charge in [0.05, 0.1) is 25.4 Å². The molecule has 6 rings (SSSR count). The molecule has 0 aliphatic carbocycles. The van der Waals surface area contributed by atoms with E-state index in [9.17, 15) is 60.3 Å². The van der Waals surface area contributed by atoms with E-state index in [-0.39, 0.29) is 32.0 Å². The summed E-state index contributed by atoms with van der Waals surface area (Å²) < 4.78 is 45.4. The fourth-order valence-electron chi connectivity index (χ4n) is 7.82. The molecular formula is C46H59NO20. The number of aliphatic hydroxyl groups is 9. The Balaban J connectivity index is 0.967. The Morgan fingerprint density at radius 2 is 1.27 bits per heavy atom. The second-order valence-corrected chi connectivity index (χ2v) is 16.4. The van der Waals surface area contributed by atoms with E-state index in [1.54, 1.807) is 30.3 Å². The summed E-state index contributed by atoms with van der Waals surface area (Å²) in [4.78, 5) is 37.6. The van der Waals surface area contributed by atoms with Crippen molar-refractivity contribution >= 4 is 17.7 Å². The first-order valence-electron chi connectivity index (χ1n) is 21.9. The summed E-state index contributed by atoms with van der Waals surface area (Å²) in [7, 11) is 0. The van der Waals surface area contributed by atoms with Crippen molar-refractivity contribution in [2.75, 3.05) is 33.0 Å². The number of Topliss-reactive ketones (excluding diaryl/α,β-unsaturated/α-hetero) is 1. The zero-order chi connectivity index (χ0) is 48.2. The van der Waals surface area contributed by atoms with Crippen LogP contribution in [0.2, 0.25) is 0 Å². The zero-order valence-electron chi connectivity index (χ0n) is 36.5. The van der Waals surface area contributed by atoms with Crippen molar-refractivity contribution in [1.82, 2.24) is 5.32 Å². The Morgan fingerprint density at radius 3 is 1.94 bits per heavy atom. The van der Waals surface area contributed by atoms with Gasteiger partial charge in [-0.3, -0.25) is 9.59 Å². The van der Waals surface area contributed by atoms with Crippen LogP contribution in [0, 0.1) is 0 Å². The van der Waals surface area contributed by atoms with E-state index in [2.05, 4.69) is 5.32 Å². The van der Waals surface area contributed by atoms with Crippen LogP contribution in [0.5, 0.6) is 5.75 Å². The van der Waals surface area contributed by atoms with E-state index in [0.717, 1.165) is 16.7 Å². The lowest BCUT2D eigenvalue weighted by molar-refractivity contribution is -0.376. The van der Waals surface area contributed by atoms with E-state index in [1.807, 2.05) is 48.5 Å². The quantitative estimate of drug-likeness (QED) is 0.0426. The second-order valence-electron chi connectivity index (χ2n) is 16.4. The third kappa shape index (κ3) is 13.4. The molecule has 67 heavy (non-hydrogen) atoms. The molecule has 3 aliphatic rings. The number of ether oxygens (including phenoxy) is 8. The fourth-order valence-corrected chi connectivity index (χ4v) is 7.82. The molecule has 15 atom stereocenters. The van der Waals surface area contributed by atoms with Crippen molar-refractivity contribution in [1.29, 1.82) is 0 Å². The van der Waals surface area contributed by atoms with Crippen LogP contribution >= 0.6 is 0 Å². The summed E-state index contributed by atoms with van der Waals surface area (Å²) in [6.07, 6.45) is -22.6. The topological polar surface area (TPSA) is 319 Å². The molecule has 3 heterocycles. The van der Waals surface area contributed by atoms with Gasteiger partial charge in [-0.2, -0.15) is 0 Å². The van der Waals surface area contributed by atoms with Gasteiger partial charge in [-0.05, 0) is 53.8 Å². The van der Waals surface area contributed by atoms with Gasteiger partial charge in [0, 0.05) is 20.0 Å². The standard InChI is InChI=1S/C46H59NO20/c1-24(51)47-34-37(55)41(66-46-40(58)42(36(54)32(20-49)64-46)67-45-39(57)38(56)35(53)31(19-48)63-45)33(21-50)65-44(34)60-17-6-5-12-29(52)23-61-30-15-13-26(14-16-30)27-10-7-11-28(18-27)43(59)62-22-25-8-3-2-4-9-25/h2-4,7-11,13-16,18,31-42,44-46,48-50,53-58H,5-6,12,17,19-23H2,1H3,(H,47,51)/t31?,32?,33?,34?,35-,36-,37+,38-,39?,40?,41+,42-,44+,45+,46-/m0/s1. The highest BCUT2D eigenvalue weighted by Gasteiger charge is 2.54. The van der Waals surface area contributed by atoms with Crippen LogP contribution in [-0.4, -0.2) is 189 Å². The Labute approximate surface area is 385 Å². The smallest absolute Gasteiger partial charge is 0.338 e. The Kier molecular flexibility index (Phi) is 19.1. The number of rotatable bonds is 21. The van der Waals surface area contributed by atoms with Crippen molar-refractivity contribution in [2.24, 2.45) is 0 Å². The molecule has 1 amide bonds. The minimum atomic E-state index is -1.96. The maximum absolute atomic E-state index is 12.7. The summed E-state index contributed by atoms with van der Waals surface area (Å²) in [5, 5.41) is 96.9. The van der Waals surface area contributed by atoms with Gasteiger partial charge in [-0.1, -0.05) is 54.6 Å². The second kappa shape index (κ2) is 24.7. The molecule has 10 N–H and O–H groups in total. The number of carbonyl (C=O) groups is 3. The van der Waals surface area contributed by atoms with Crippen molar-refractivity contribution in [3.05, 3.63) is 90.0 Å². The summed E-state index contributed by atoms with van der Waals surface area (Å²) in [6.45, 7) is -1.27. The monoisotopic (exact) mass is 945 g/mol. The molecule has 3 aliphatic heterocycles. The fraction of sp³-hybridized carbons (Fsp3) is 0.543. The van der Waals surface area contributed by atoms with E-state index < -0.39 is 124 Å². The number of aliphatic hydroxyl groups excluding tert-OH is 9. The first-order chi connectivity index (χ1) is 32.2. The summed E-state index contributed by atoms with van der Waals surface area (Å²) in [5.74, 6) is -0.761. The lowest BCUT2D eigenvalue weighted by Gasteiger charge is -2.48. The number of benzene rings is 3. The highest BCUT2D eigenvalue weighted by Crippen LogP contribution is 2.33. The van der Waals surface area contributed by atoms with E-state index in [4.69, 9.17) is 37.9 Å². The zero-order valence-corrected chi connectivity index (χ0v) is 36.5. The van der Waals surface area contributed by atoms with Gasteiger partial charge in [0.2, 0.25) is 5.91 Å². The highest BCUT2D eigenvalue weighted by molar-refractivity contribution is 5.91. The molecule has 21 heteroatoms. The predicted octanol–water partition coefficient (Wildman–Crippen LogP) is -1.56. The number of carbonyl (C=O) groups excluding carboxylic acids is 3. The van der Waals surface area contributed by atoms with Crippen LogP contribution in [0.25, 0.3) is 11.1 Å². The molecule has 3 fully saturated rings. The normalized spacial score (nSPS) is 32.0. The molecule has 0 radical (unpaired) electrons. The highest BCUT2D eigenvalue weighted by atomic mass is 16.8. The SMILES string of the molecule is CC(=O)NC1[C@H](OCCCCC(=O)COc2ccc(-c3cccc(C(=O)OCc4ccccc4)c3)cc2)OC(CO)[C@@H](O[C@@H]2OC(CO)[C@H](O)[C@H](O[C@H]3OC(CO)[C@H](O)[C@H](O)C3O)C2O)[C@@H]1O. The minimum Gasteiger partial charge on any atom is -0.486 e. The Morgan fingerprint density at radius 1 is 0.627 bits per heavy atom. The van der Waals surface area contributed by atoms with Gasteiger partial charge in [0.15, 0.2) is 24.7 Å². The van der Waals surface area contributed by atoms with E-state index >= 15 is 0 Å². The number of esters is 1. The van der Waals surface area contributed by atoms with Crippen molar-refractivity contribution in [3.63, 3.8) is 0 Å². The average Bonchev–Trinajstić information content (AvgIpc) is 3.34. The molecule has 0 aromatic heterocycles. The number of unbranched alkanes of at least 4 members (excludes halogenated alkanes) is 1. The van der Waals surface area contributed by atoms with E-state index in [1.165, 1.54) is 6.92 Å². The van der Waals surface area contributed by atoms with Gasteiger partial charge in [-0.25, -0.2) is 4.79 Å². The van der Waals surface area contributed by atoms with Gasteiger partial charge in [-0.15, -0.1) is 0 Å². The van der Waals surface area contributed by atoms with Gasteiger partial charge < -0.3 is 89.2 Å². The lowest BCUT2D eigenvalue weighted by Crippen LogP contribution is -2.68. The first-order valence-corrected chi connectivity index (χ1v) is 21.9. The molecule has 3 saturated heterocycles. The minimum absolute atomic E-state index is 0.00379. The van der Waals surface area contributed by atoms with Crippen LogP contribution in [0.15, 0.2) is 78.9 Å². The van der Waals surface area contributed by atoms with Gasteiger partial charge in [0.1, 0.15) is 92.1 Å². The average molecular weight is 946 g/mol. The largest absolute Gasteiger partial charge is 0.486 e.